The van der Waals surface area contributed by atoms with Crippen molar-refractivity contribution >= 4 is 28.8 Å². The highest BCUT2D eigenvalue weighted by molar-refractivity contribution is 7.99. The number of thioether (sulfide) groups is 1. The lowest BCUT2D eigenvalue weighted by Crippen LogP contribution is -2.24. The summed E-state index contributed by atoms with van der Waals surface area (Å²) in [6, 6.07) is 7.43. The molecule has 0 amide bonds. The molecule has 1 aromatic carbocycles. The molecule has 11 heteroatoms. The highest BCUT2D eigenvalue weighted by Crippen LogP contribution is 2.25. The summed E-state index contributed by atoms with van der Waals surface area (Å²) in [4.78, 5) is 29.8. The van der Waals surface area contributed by atoms with Crippen LogP contribution in [0.5, 0.6) is 5.75 Å². The molecule has 0 aliphatic heterocycles. The van der Waals surface area contributed by atoms with Gasteiger partial charge in [0, 0.05) is 25.4 Å². The average Bonchev–Trinajstić information content (AvgIpc) is 3.09. The Kier molecular flexibility index (Phi) is 7.64. The maximum Gasteiger partial charge on any atom is 0.422 e. The lowest BCUT2D eigenvalue weighted by molar-refractivity contribution is -0.155. The molecule has 2 aromatic heterocycles. The van der Waals surface area contributed by atoms with E-state index < -0.39 is 18.4 Å². The van der Waals surface area contributed by atoms with E-state index in [0.29, 0.717) is 34.1 Å². The molecular weight excluding hydrogens is 471 g/mol. The number of ether oxygens (including phenoxy) is 2. The number of esters is 1. The van der Waals surface area contributed by atoms with Crippen LogP contribution in [0.4, 0.5) is 13.2 Å². The first kappa shape index (κ1) is 25.7. The summed E-state index contributed by atoms with van der Waals surface area (Å²) in [5.74, 6) is 0.245. The van der Waals surface area contributed by atoms with Crippen molar-refractivity contribution in [3.05, 3.63) is 46.9 Å². The smallest absolute Gasteiger partial charge is 0.422 e. The second kappa shape index (κ2) is 10.1. The molecule has 0 bridgehead atoms. The maximum absolute atomic E-state index is 13.2. The van der Waals surface area contributed by atoms with Gasteiger partial charge in [-0.05, 0) is 57.5 Å². The Morgan fingerprint density at radius 2 is 1.79 bits per heavy atom. The number of benzene rings is 1. The Morgan fingerprint density at radius 1 is 1.12 bits per heavy atom. The number of aromatic nitrogens is 3. The van der Waals surface area contributed by atoms with Crippen LogP contribution in [0.25, 0.3) is 16.7 Å². The highest BCUT2D eigenvalue weighted by Gasteiger charge is 2.28. The Hall–Kier alpha value is -2.95. The summed E-state index contributed by atoms with van der Waals surface area (Å²) in [6.45, 7) is 4.01. The van der Waals surface area contributed by atoms with E-state index >= 15 is 0 Å². The first-order valence-electron chi connectivity index (χ1n) is 10.6. The van der Waals surface area contributed by atoms with Crippen LogP contribution in [-0.2, 0) is 16.6 Å². The molecule has 184 valence electrons. The van der Waals surface area contributed by atoms with Crippen LogP contribution in [0, 0.1) is 0 Å². The van der Waals surface area contributed by atoms with Crippen molar-refractivity contribution in [3.63, 3.8) is 0 Å². The van der Waals surface area contributed by atoms with Crippen LogP contribution in [0.15, 0.2) is 46.5 Å². The fourth-order valence-electron chi connectivity index (χ4n) is 3.13. The van der Waals surface area contributed by atoms with Gasteiger partial charge in [-0.1, -0.05) is 11.8 Å². The molecule has 3 rings (SSSR count). The van der Waals surface area contributed by atoms with Gasteiger partial charge in [-0.2, -0.15) is 13.2 Å². The summed E-state index contributed by atoms with van der Waals surface area (Å²) in [5, 5.41) is 0.824. The zero-order valence-corrected chi connectivity index (χ0v) is 20.1. The molecule has 0 aliphatic carbocycles. The molecule has 3 aromatic rings. The Morgan fingerprint density at radius 3 is 2.41 bits per heavy atom. The van der Waals surface area contributed by atoms with Gasteiger partial charge in [0.15, 0.2) is 11.8 Å². The van der Waals surface area contributed by atoms with Crippen molar-refractivity contribution in [2.24, 2.45) is 7.05 Å². The van der Waals surface area contributed by atoms with Crippen LogP contribution in [0.3, 0.4) is 0 Å². The van der Waals surface area contributed by atoms with Gasteiger partial charge in [0.25, 0.3) is 5.56 Å². The number of carbonyl (C=O) groups excluding carboxylic acids is 1. The number of rotatable bonds is 8. The van der Waals surface area contributed by atoms with Crippen molar-refractivity contribution in [1.29, 1.82) is 0 Å². The third-order valence-corrected chi connectivity index (χ3v) is 5.56. The van der Waals surface area contributed by atoms with E-state index in [9.17, 15) is 22.8 Å². The van der Waals surface area contributed by atoms with E-state index in [2.05, 4.69) is 4.98 Å². The van der Waals surface area contributed by atoms with Gasteiger partial charge in [-0.3, -0.25) is 14.2 Å². The summed E-state index contributed by atoms with van der Waals surface area (Å²) in [5.41, 5.74) is 0.0993. The second-order valence-electron chi connectivity index (χ2n) is 8.64. The summed E-state index contributed by atoms with van der Waals surface area (Å²) in [7, 11) is 1.78. The Bertz CT molecular complexity index is 1210. The number of fused-ring (bicyclic) bond motifs is 1. The fourth-order valence-corrected chi connectivity index (χ4v) is 4.07. The van der Waals surface area contributed by atoms with Gasteiger partial charge in [-0.15, -0.1) is 0 Å². The third kappa shape index (κ3) is 6.78. The zero-order chi connectivity index (χ0) is 25.1. The van der Waals surface area contributed by atoms with E-state index in [-0.39, 0.29) is 23.7 Å². The maximum atomic E-state index is 13.2. The third-order valence-electron chi connectivity index (χ3n) is 4.54. The van der Waals surface area contributed by atoms with Gasteiger partial charge in [0.2, 0.25) is 0 Å². The standard InChI is InChI=1S/C23H26F3N3O4S/c1-22(2,3)33-18(30)6-5-13-34-21-27-19-17(11-12-28(19)4)20(31)29(21)15-7-9-16(10-8-15)32-14-23(24,25)26/h7-12H,5-6,13-14H2,1-4H3. The second-order valence-corrected chi connectivity index (χ2v) is 9.70. The summed E-state index contributed by atoms with van der Waals surface area (Å²) >= 11 is 1.31. The van der Waals surface area contributed by atoms with Crippen LogP contribution in [-0.4, -0.2) is 44.2 Å². The van der Waals surface area contributed by atoms with Crippen LogP contribution in [0.2, 0.25) is 0 Å². The monoisotopic (exact) mass is 497 g/mol. The van der Waals surface area contributed by atoms with Crippen LogP contribution in [0.1, 0.15) is 33.6 Å². The lowest BCUT2D eigenvalue weighted by atomic mass is 10.2. The van der Waals surface area contributed by atoms with Gasteiger partial charge in [0.1, 0.15) is 17.0 Å². The Labute approximate surface area is 198 Å². The van der Waals surface area contributed by atoms with Crippen LogP contribution < -0.4 is 10.3 Å². The number of nitrogens with zero attached hydrogens (tertiary/aromatic N) is 3. The molecule has 0 atom stereocenters. The lowest BCUT2D eigenvalue weighted by Gasteiger charge is -2.19. The van der Waals surface area contributed by atoms with E-state index in [1.165, 1.54) is 40.6 Å². The highest BCUT2D eigenvalue weighted by atomic mass is 32.2. The zero-order valence-electron chi connectivity index (χ0n) is 19.3. The van der Waals surface area contributed by atoms with Crippen molar-refractivity contribution in [2.75, 3.05) is 12.4 Å². The Balaban J connectivity index is 1.83. The number of halogens is 3. The molecule has 0 saturated carbocycles. The van der Waals surface area contributed by atoms with Crippen molar-refractivity contribution < 1.29 is 27.4 Å². The van der Waals surface area contributed by atoms with Gasteiger partial charge < -0.3 is 14.0 Å². The SMILES string of the molecule is Cn1ccc2c(=O)n(-c3ccc(OCC(F)(F)F)cc3)c(SCCCC(=O)OC(C)(C)C)nc21. The molecule has 7 nitrogen and oxygen atoms in total. The largest absolute Gasteiger partial charge is 0.484 e. The summed E-state index contributed by atoms with van der Waals surface area (Å²) < 4.78 is 50.4. The number of hydrogen-bond acceptors (Lipinski definition) is 6. The molecule has 0 radical (unpaired) electrons. The van der Waals surface area contributed by atoms with E-state index in [1.54, 1.807) is 44.6 Å². The quantitative estimate of drug-likeness (QED) is 0.191. The first-order valence-corrected chi connectivity index (χ1v) is 11.6. The topological polar surface area (TPSA) is 75.3 Å². The van der Waals surface area contributed by atoms with Crippen molar-refractivity contribution in [3.8, 4) is 11.4 Å². The minimum Gasteiger partial charge on any atom is -0.484 e. The summed E-state index contributed by atoms with van der Waals surface area (Å²) in [6.07, 6.45) is -1.97. The predicted molar refractivity (Wildman–Crippen MR) is 124 cm³/mol. The first-order chi connectivity index (χ1) is 15.8. The molecule has 0 spiro atoms. The van der Waals surface area contributed by atoms with Gasteiger partial charge in [0.05, 0.1) is 11.1 Å². The van der Waals surface area contributed by atoms with E-state index in [1.807, 2.05) is 0 Å². The number of hydrogen-bond donors (Lipinski definition) is 0. The molecule has 0 aliphatic rings. The molecule has 0 unspecified atom stereocenters. The van der Waals surface area contributed by atoms with Crippen molar-refractivity contribution in [1.82, 2.24) is 14.1 Å². The molecule has 2 heterocycles. The minimum atomic E-state index is -4.44. The molecular formula is C23H26F3N3O4S. The normalized spacial score (nSPS) is 12.2. The molecule has 0 saturated heterocycles. The number of alkyl halides is 3. The average molecular weight is 498 g/mol. The molecule has 0 N–H and O–H groups in total. The van der Waals surface area contributed by atoms with E-state index in [0.717, 1.165) is 0 Å². The predicted octanol–water partition coefficient (Wildman–Crippen LogP) is 4.88. The van der Waals surface area contributed by atoms with Crippen molar-refractivity contribution in [2.45, 2.75) is 50.5 Å². The fraction of sp³-hybridized carbons (Fsp3) is 0.435. The van der Waals surface area contributed by atoms with Gasteiger partial charge >= 0.3 is 12.1 Å². The number of carbonyl (C=O) groups is 1. The van der Waals surface area contributed by atoms with Crippen LogP contribution >= 0.6 is 11.8 Å². The molecule has 34 heavy (non-hydrogen) atoms. The number of aryl methyl sites for hydroxylation is 1. The molecule has 0 fully saturated rings. The van der Waals surface area contributed by atoms with Gasteiger partial charge in [-0.25, -0.2) is 4.98 Å². The van der Waals surface area contributed by atoms with E-state index in [4.69, 9.17) is 9.47 Å². The minimum absolute atomic E-state index is 0.0365.